The molecule has 2 aliphatic rings. The SMILES string of the molecule is CN1CCN(CC(NC(=O)c2ccc3c(c2)NC(=O)CN3C)c2ccccc2)CC1. The number of hydrogen-bond acceptors (Lipinski definition) is 5. The number of nitrogens with one attached hydrogen (secondary N) is 2. The van der Waals surface area contributed by atoms with Gasteiger partial charge in [-0.2, -0.15) is 0 Å². The maximum Gasteiger partial charge on any atom is 0.251 e. The van der Waals surface area contributed by atoms with E-state index in [4.69, 9.17) is 0 Å². The lowest BCUT2D eigenvalue weighted by atomic mass is 10.0. The van der Waals surface area contributed by atoms with Gasteiger partial charge in [0.15, 0.2) is 0 Å². The molecule has 7 heteroatoms. The lowest BCUT2D eigenvalue weighted by Gasteiger charge is -2.35. The summed E-state index contributed by atoms with van der Waals surface area (Å²) in [7, 11) is 4.01. The van der Waals surface area contributed by atoms with Gasteiger partial charge < -0.3 is 20.4 Å². The molecule has 1 fully saturated rings. The minimum absolute atomic E-state index is 0.0696. The number of fused-ring (bicyclic) bond motifs is 1. The molecule has 158 valence electrons. The molecule has 0 bridgehead atoms. The third-order valence-corrected chi connectivity index (χ3v) is 5.87. The second-order valence-corrected chi connectivity index (χ2v) is 8.18. The molecule has 0 radical (unpaired) electrons. The Balaban J connectivity index is 1.52. The molecule has 1 saturated heterocycles. The lowest BCUT2D eigenvalue weighted by Crippen LogP contribution is -2.47. The van der Waals surface area contributed by atoms with Crippen LogP contribution in [0, 0.1) is 0 Å². The molecular formula is C23H29N5O2. The first-order chi connectivity index (χ1) is 14.5. The molecule has 0 aliphatic carbocycles. The maximum absolute atomic E-state index is 13.1. The van der Waals surface area contributed by atoms with Crippen molar-refractivity contribution in [3.8, 4) is 0 Å². The summed E-state index contributed by atoms with van der Waals surface area (Å²) >= 11 is 0. The van der Waals surface area contributed by atoms with Gasteiger partial charge in [-0.25, -0.2) is 0 Å². The fourth-order valence-electron chi connectivity index (χ4n) is 4.05. The third-order valence-electron chi connectivity index (χ3n) is 5.87. The molecule has 2 amide bonds. The predicted octanol–water partition coefficient (Wildman–Crippen LogP) is 1.79. The number of benzene rings is 2. The second-order valence-electron chi connectivity index (χ2n) is 8.18. The number of likely N-dealkylation sites (N-methyl/N-ethyl adjacent to an activating group) is 2. The zero-order chi connectivity index (χ0) is 21.1. The fraction of sp³-hybridized carbons (Fsp3) is 0.391. The number of carbonyl (C=O) groups excluding carboxylic acids is 2. The first-order valence-corrected chi connectivity index (χ1v) is 10.4. The van der Waals surface area contributed by atoms with Crippen molar-refractivity contribution in [2.24, 2.45) is 0 Å². The molecule has 0 saturated carbocycles. The highest BCUT2D eigenvalue weighted by atomic mass is 16.2. The molecule has 0 spiro atoms. The van der Waals surface area contributed by atoms with Crippen molar-refractivity contribution in [1.29, 1.82) is 0 Å². The van der Waals surface area contributed by atoms with E-state index in [1.54, 1.807) is 6.07 Å². The molecule has 2 aromatic rings. The van der Waals surface area contributed by atoms with Crippen LogP contribution in [0.3, 0.4) is 0 Å². The highest BCUT2D eigenvalue weighted by Crippen LogP contribution is 2.29. The van der Waals surface area contributed by atoms with Gasteiger partial charge in [0.1, 0.15) is 0 Å². The Kier molecular flexibility index (Phi) is 6.01. The van der Waals surface area contributed by atoms with Crippen LogP contribution in [0.4, 0.5) is 11.4 Å². The highest BCUT2D eigenvalue weighted by Gasteiger charge is 2.24. The number of carbonyl (C=O) groups is 2. The molecule has 4 rings (SSSR count). The maximum atomic E-state index is 13.1. The molecular weight excluding hydrogens is 378 g/mol. The average molecular weight is 408 g/mol. The smallest absolute Gasteiger partial charge is 0.251 e. The summed E-state index contributed by atoms with van der Waals surface area (Å²) in [5, 5.41) is 6.08. The van der Waals surface area contributed by atoms with Gasteiger partial charge in [-0.1, -0.05) is 30.3 Å². The topological polar surface area (TPSA) is 67.9 Å². The second kappa shape index (κ2) is 8.85. The summed E-state index contributed by atoms with van der Waals surface area (Å²) in [5.41, 5.74) is 3.24. The number of amides is 2. The summed E-state index contributed by atoms with van der Waals surface area (Å²) in [6.07, 6.45) is 0. The van der Waals surface area contributed by atoms with E-state index in [2.05, 4.69) is 39.6 Å². The molecule has 2 aliphatic heterocycles. The number of nitrogens with zero attached hydrogens (tertiary/aromatic N) is 3. The van der Waals surface area contributed by atoms with E-state index in [-0.39, 0.29) is 17.9 Å². The van der Waals surface area contributed by atoms with Gasteiger partial charge in [0, 0.05) is 45.3 Å². The van der Waals surface area contributed by atoms with E-state index in [1.807, 2.05) is 42.3 Å². The summed E-state index contributed by atoms with van der Waals surface area (Å²) in [6.45, 7) is 5.15. The monoisotopic (exact) mass is 407 g/mol. The third kappa shape index (κ3) is 4.63. The first kappa shape index (κ1) is 20.4. The van der Waals surface area contributed by atoms with Crippen molar-refractivity contribution in [1.82, 2.24) is 15.1 Å². The van der Waals surface area contributed by atoms with E-state index in [0.717, 1.165) is 44.0 Å². The van der Waals surface area contributed by atoms with Crippen molar-refractivity contribution >= 4 is 23.2 Å². The molecule has 1 unspecified atom stereocenters. The summed E-state index contributed by atoms with van der Waals surface area (Å²) in [4.78, 5) is 31.6. The first-order valence-electron chi connectivity index (χ1n) is 10.4. The predicted molar refractivity (Wildman–Crippen MR) is 119 cm³/mol. The summed E-state index contributed by atoms with van der Waals surface area (Å²) < 4.78 is 0. The highest BCUT2D eigenvalue weighted by molar-refractivity contribution is 6.04. The van der Waals surface area contributed by atoms with Crippen LogP contribution in [0.1, 0.15) is 22.0 Å². The van der Waals surface area contributed by atoms with Crippen LogP contribution < -0.4 is 15.5 Å². The lowest BCUT2D eigenvalue weighted by molar-refractivity contribution is -0.115. The van der Waals surface area contributed by atoms with Gasteiger partial charge in [-0.3, -0.25) is 14.5 Å². The average Bonchev–Trinajstić information content (AvgIpc) is 2.74. The van der Waals surface area contributed by atoms with E-state index in [0.29, 0.717) is 17.8 Å². The van der Waals surface area contributed by atoms with Crippen LogP contribution in [-0.4, -0.2) is 75.0 Å². The Morgan fingerprint density at radius 1 is 1.07 bits per heavy atom. The van der Waals surface area contributed by atoms with Crippen LogP contribution in [0.2, 0.25) is 0 Å². The van der Waals surface area contributed by atoms with E-state index in [1.165, 1.54) is 0 Å². The van der Waals surface area contributed by atoms with Crippen molar-refractivity contribution in [2.45, 2.75) is 6.04 Å². The molecule has 7 nitrogen and oxygen atoms in total. The van der Waals surface area contributed by atoms with Gasteiger partial charge in [0.05, 0.1) is 24.0 Å². The van der Waals surface area contributed by atoms with Crippen LogP contribution in [0.25, 0.3) is 0 Å². The van der Waals surface area contributed by atoms with Gasteiger partial charge in [0.2, 0.25) is 5.91 Å². The summed E-state index contributed by atoms with van der Waals surface area (Å²) in [5.74, 6) is -0.206. The Bertz CT molecular complexity index is 909. The minimum atomic E-state index is -0.136. The van der Waals surface area contributed by atoms with Crippen molar-refractivity contribution in [3.05, 3.63) is 59.7 Å². The largest absolute Gasteiger partial charge is 0.364 e. The van der Waals surface area contributed by atoms with Crippen molar-refractivity contribution in [2.75, 3.05) is 63.6 Å². The van der Waals surface area contributed by atoms with Crippen LogP contribution in [0.15, 0.2) is 48.5 Å². The Morgan fingerprint density at radius 3 is 2.53 bits per heavy atom. The van der Waals surface area contributed by atoms with Gasteiger partial charge in [-0.05, 0) is 30.8 Å². The molecule has 2 aromatic carbocycles. The number of rotatable bonds is 5. The van der Waals surface area contributed by atoms with Crippen molar-refractivity contribution in [3.63, 3.8) is 0 Å². The normalized spacial score (nSPS) is 18.5. The Hall–Kier alpha value is -2.90. The Labute approximate surface area is 177 Å². The fourth-order valence-corrected chi connectivity index (χ4v) is 4.05. The zero-order valence-corrected chi connectivity index (χ0v) is 17.6. The zero-order valence-electron chi connectivity index (χ0n) is 17.6. The molecule has 0 aromatic heterocycles. The number of hydrogen-bond donors (Lipinski definition) is 2. The Morgan fingerprint density at radius 2 is 1.80 bits per heavy atom. The summed E-state index contributed by atoms with van der Waals surface area (Å²) in [6, 6.07) is 15.5. The van der Waals surface area contributed by atoms with Crippen LogP contribution in [-0.2, 0) is 4.79 Å². The molecule has 2 N–H and O–H groups in total. The molecule has 1 atom stereocenters. The van der Waals surface area contributed by atoms with Gasteiger partial charge >= 0.3 is 0 Å². The van der Waals surface area contributed by atoms with Crippen molar-refractivity contribution < 1.29 is 9.59 Å². The standard InChI is InChI=1S/C23H29N5O2/c1-26-10-12-28(13-11-26)15-20(17-6-4-3-5-7-17)25-23(30)18-8-9-21-19(14-18)24-22(29)16-27(21)2/h3-9,14,20H,10-13,15-16H2,1-2H3,(H,24,29)(H,25,30). The quantitative estimate of drug-likeness (QED) is 0.791. The molecule has 2 heterocycles. The number of piperazine rings is 1. The van der Waals surface area contributed by atoms with E-state index >= 15 is 0 Å². The number of anilines is 2. The molecule has 30 heavy (non-hydrogen) atoms. The van der Waals surface area contributed by atoms with E-state index in [9.17, 15) is 9.59 Å². The van der Waals surface area contributed by atoms with E-state index < -0.39 is 0 Å². The van der Waals surface area contributed by atoms with Crippen LogP contribution in [0.5, 0.6) is 0 Å². The minimum Gasteiger partial charge on any atom is -0.364 e. The van der Waals surface area contributed by atoms with Gasteiger partial charge in [-0.15, -0.1) is 0 Å². The van der Waals surface area contributed by atoms with Gasteiger partial charge in [0.25, 0.3) is 5.91 Å². The van der Waals surface area contributed by atoms with Crippen LogP contribution >= 0.6 is 0 Å².